The van der Waals surface area contributed by atoms with Gasteiger partial charge in [0.05, 0.1) is 12.8 Å². The molecule has 0 aliphatic heterocycles. The van der Waals surface area contributed by atoms with Gasteiger partial charge in [-0.1, -0.05) is 0 Å². The van der Waals surface area contributed by atoms with E-state index in [-0.39, 0.29) is 17.7 Å². The summed E-state index contributed by atoms with van der Waals surface area (Å²) < 4.78 is 5.14. The highest BCUT2D eigenvalue weighted by Gasteiger charge is 2.51. The Hall–Kier alpha value is -1.78. The highest BCUT2D eigenvalue weighted by atomic mass is 16.4. The molecule has 2 fully saturated rings. The first-order valence-corrected chi connectivity index (χ1v) is 6.67. The third-order valence-corrected chi connectivity index (χ3v) is 4.51. The zero-order valence-corrected chi connectivity index (χ0v) is 10.5. The predicted molar refractivity (Wildman–Crippen MR) is 63.4 cm³/mol. The molecule has 102 valence electrons. The van der Waals surface area contributed by atoms with E-state index in [0.29, 0.717) is 12.3 Å². The van der Waals surface area contributed by atoms with Crippen LogP contribution in [0.4, 0.5) is 0 Å². The number of carboxylic acids is 1. The van der Waals surface area contributed by atoms with Crippen molar-refractivity contribution in [2.24, 2.45) is 23.7 Å². The Morgan fingerprint density at radius 3 is 2.68 bits per heavy atom. The second-order valence-corrected chi connectivity index (χ2v) is 5.50. The van der Waals surface area contributed by atoms with Crippen LogP contribution in [0.1, 0.15) is 25.0 Å². The number of fused-ring (bicyclic) bond motifs is 2. The van der Waals surface area contributed by atoms with Gasteiger partial charge in [-0.15, -0.1) is 0 Å². The average molecular weight is 262 g/mol. The topological polar surface area (TPSA) is 82.4 Å². The van der Waals surface area contributed by atoms with Gasteiger partial charge in [0, 0.05) is 17.8 Å². The van der Waals surface area contributed by atoms with Crippen molar-refractivity contribution in [3.05, 3.63) is 24.2 Å². The van der Waals surface area contributed by atoms with Gasteiger partial charge < -0.3 is 19.6 Å². The normalized spacial score (nSPS) is 32.4. The van der Waals surface area contributed by atoms with Gasteiger partial charge in [0.2, 0.25) is 5.91 Å². The lowest BCUT2D eigenvalue weighted by Crippen LogP contribution is -2.45. The molecular weight excluding hydrogens is 246 g/mol. The summed E-state index contributed by atoms with van der Waals surface area (Å²) in [6.45, 7) is 0.305. The fraction of sp³-hybridized carbons (Fsp3) is 0.571. The standard InChI is InChI=1S/C14H17NO4/c16-13(15-7-10-2-1-5-19-10)11-8-3-4-9(6-8)12(11)14(17)18/h1-2,5,8-9,11-12H,3-4,6-7H2,(H,15,16)(H,17,18)/p-1. The van der Waals surface area contributed by atoms with Crippen LogP contribution >= 0.6 is 0 Å². The van der Waals surface area contributed by atoms with Gasteiger partial charge in [0.25, 0.3) is 0 Å². The van der Waals surface area contributed by atoms with Gasteiger partial charge in [-0.2, -0.15) is 0 Å². The largest absolute Gasteiger partial charge is 0.550 e. The maximum Gasteiger partial charge on any atom is 0.224 e. The Labute approximate surface area is 111 Å². The molecule has 1 aromatic rings. The van der Waals surface area contributed by atoms with E-state index in [1.807, 2.05) is 0 Å². The number of hydrogen-bond donors (Lipinski definition) is 1. The van der Waals surface area contributed by atoms with Gasteiger partial charge in [0.1, 0.15) is 5.76 Å². The minimum atomic E-state index is -1.08. The lowest BCUT2D eigenvalue weighted by molar-refractivity contribution is -0.314. The second-order valence-electron chi connectivity index (χ2n) is 5.50. The van der Waals surface area contributed by atoms with E-state index >= 15 is 0 Å². The molecule has 0 saturated heterocycles. The smallest absolute Gasteiger partial charge is 0.224 e. The monoisotopic (exact) mass is 262 g/mol. The van der Waals surface area contributed by atoms with Crippen LogP contribution < -0.4 is 10.4 Å². The molecular formula is C14H16NO4-. The average Bonchev–Trinajstić information content (AvgIpc) is 3.10. The van der Waals surface area contributed by atoms with Crippen molar-refractivity contribution in [2.75, 3.05) is 0 Å². The van der Waals surface area contributed by atoms with E-state index in [1.54, 1.807) is 18.4 Å². The lowest BCUT2D eigenvalue weighted by atomic mass is 9.79. The number of carbonyl (C=O) groups excluding carboxylic acids is 2. The molecule has 5 heteroatoms. The number of aliphatic carboxylic acids is 1. The zero-order chi connectivity index (χ0) is 13.4. The summed E-state index contributed by atoms with van der Waals surface area (Å²) in [6.07, 6.45) is 4.25. The van der Waals surface area contributed by atoms with Gasteiger partial charge in [-0.25, -0.2) is 0 Å². The van der Waals surface area contributed by atoms with Crippen LogP contribution in [0.3, 0.4) is 0 Å². The zero-order valence-electron chi connectivity index (χ0n) is 10.5. The van der Waals surface area contributed by atoms with Crippen LogP contribution in [0.2, 0.25) is 0 Å². The van der Waals surface area contributed by atoms with Crippen LogP contribution in [0.5, 0.6) is 0 Å². The molecule has 2 bridgehead atoms. The summed E-state index contributed by atoms with van der Waals surface area (Å²) in [5.74, 6) is -1.32. The van der Waals surface area contributed by atoms with Crippen LogP contribution in [0.15, 0.2) is 22.8 Å². The molecule has 0 spiro atoms. The maximum atomic E-state index is 12.2. The molecule has 2 saturated carbocycles. The fourth-order valence-corrected chi connectivity index (χ4v) is 3.71. The third-order valence-electron chi connectivity index (χ3n) is 4.51. The number of carboxylic acid groups (broad SMARTS) is 1. The van der Waals surface area contributed by atoms with Crippen molar-refractivity contribution < 1.29 is 19.1 Å². The third kappa shape index (κ3) is 2.13. The minimum Gasteiger partial charge on any atom is -0.550 e. The molecule has 1 aromatic heterocycles. The molecule has 4 atom stereocenters. The van der Waals surface area contributed by atoms with Crippen molar-refractivity contribution in [3.63, 3.8) is 0 Å². The Morgan fingerprint density at radius 1 is 1.32 bits per heavy atom. The van der Waals surface area contributed by atoms with Crippen LogP contribution in [0, 0.1) is 23.7 Å². The van der Waals surface area contributed by atoms with Crippen molar-refractivity contribution in [3.8, 4) is 0 Å². The van der Waals surface area contributed by atoms with Crippen molar-refractivity contribution in [1.29, 1.82) is 0 Å². The summed E-state index contributed by atoms with van der Waals surface area (Å²) in [7, 11) is 0. The second kappa shape index (κ2) is 4.72. The van der Waals surface area contributed by atoms with Crippen LogP contribution in [-0.2, 0) is 16.1 Å². The predicted octanol–water partition coefficient (Wildman–Crippen LogP) is 0.308. The van der Waals surface area contributed by atoms with Gasteiger partial charge in [-0.05, 0) is 43.2 Å². The first-order chi connectivity index (χ1) is 9.16. The highest BCUT2D eigenvalue weighted by molar-refractivity contribution is 5.85. The number of furan rings is 1. The molecule has 1 amide bonds. The van der Waals surface area contributed by atoms with Gasteiger partial charge in [0.15, 0.2) is 0 Å². The summed E-state index contributed by atoms with van der Waals surface area (Å²) in [6, 6.07) is 3.53. The van der Waals surface area contributed by atoms with Crippen molar-refractivity contribution >= 4 is 11.9 Å². The lowest BCUT2D eigenvalue weighted by Gasteiger charge is -2.30. The van der Waals surface area contributed by atoms with E-state index in [2.05, 4.69) is 5.32 Å². The molecule has 2 aliphatic carbocycles. The Morgan fingerprint density at radius 2 is 2.05 bits per heavy atom. The number of nitrogens with one attached hydrogen (secondary N) is 1. The Kier molecular flexibility index (Phi) is 3.05. The summed E-state index contributed by atoms with van der Waals surface area (Å²) in [5, 5.41) is 14.0. The summed E-state index contributed by atoms with van der Waals surface area (Å²) in [5.41, 5.74) is 0. The molecule has 3 rings (SSSR count). The van der Waals surface area contributed by atoms with E-state index in [4.69, 9.17) is 4.42 Å². The first-order valence-electron chi connectivity index (χ1n) is 6.67. The molecule has 0 aromatic carbocycles. The fourth-order valence-electron chi connectivity index (χ4n) is 3.71. The maximum absolute atomic E-state index is 12.2. The Balaban J connectivity index is 1.66. The highest BCUT2D eigenvalue weighted by Crippen LogP contribution is 2.52. The van der Waals surface area contributed by atoms with Gasteiger partial charge in [-0.3, -0.25) is 4.79 Å². The SMILES string of the molecule is O=C([O-])C1C2CCC(C2)C1C(=O)NCc1ccco1. The molecule has 0 radical (unpaired) electrons. The van der Waals surface area contributed by atoms with Gasteiger partial charge >= 0.3 is 0 Å². The van der Waals surface area contributed by atoms with E-state index in [9.17, 15) is 14.7 Å². The van der Waals surface area contributed by atoms with Crippen LogP contribution in [-0.4, -0.2) is 11.9 Å². The quantitative estimate of drug-likeness (QED) is 0.846. The number of hydrogen-bond acceptors (Lipinski definition) is 4. The van der Waals surface area contributed by atoms with E-state index < -0.39 is 17.8 Å². The number of amides is 1. The van der Waals surface area contributed by atoms with E-state index in [1.165, 1.54) is 0 Å². The molecule has 1 heterocycles. The van der Waals surface area contributed by atoms with Crippen LogP contribution in [0.25, 0.3) is 0 Å². The molecule has 19 heavy (non-hydrogen) atoms. The molecule has 1 N–H and O–H groups in total. The Bertz CT molecular complexity index is 482. The summed E-state index contributed by atoms with van der Waals surface area (Å²) >= 11 is 0. The molecule has 5 nitrogen and oxygen atoms in total. The van der Waals surface area contributed by atoms with E-state index in [0.717, 1.165) is 19.3 Å². The van der Waals surface area contributed by atoms with Crippen molar-refractivity contribution in [2.45, 2.75) is 25.8 Å². The molecule has 2 aliphatic rings. The number of rotatable bonds is 4. The number of carbonyl (C=O) groups is 2. The van der Waals surface area contributed by atoms with Crippen molar-refractivity contribution in [1.82, 2.24) is 5.32 Å². The summed E-state index contributed by atoms with van der Waals surface area (Å²) in [4.78, 5) is 23.4. The minimum absolute atomic E-state index is 0.120. The first kappa shape index (κ1) is 12.3. The molecule has 4 unspecified atom stereocenters.